The molecule has 1 saturated carbocycles. The van der Waals surface area contributed by atoms with Crippen LogP contribution in [-0.4, -0.2) is 44.4 Å². The maximum absolute atomic E-state index is 13.0. The second-order valence-corrected chi connectivity index (χ2v) is 7.82. The largest absolute Gasteiger partial charge is 0.492 e. The fourth-order valence-corrected chi connectivity index (χ4v) is 4.84. The average Bonchev–Trinajstić information content (AvgIpc) is 3.30. The third kappa shape index (κ3) is 2.44. The van der Waals surface area contributed by atoms with Crippen LogP contribution in [0.2, 0.25) is 0 Å². The van der Waals surface area contributed by atoms with Crippen molar-refractivity contribution in [3.05, 3.63) is 28.7 Å². The topological polar surface area (TPSA) is 87.9 Å². The van der Waals surface area contributed by atoms with Crippen LogP contribution in [0.4, 0.5) is 0 Å². The van der Waals surface area contributed by atoms with Crippen molar-refractivity contribution in [1.29, 1.82) is 0 Å². The van der Waals surface area contributed by atoms with Crippen molar-refractivity contribution in [3.63, 3.8) is 0 Å². The van der Waals surface area contributed by atoms with Crippen molar-refractivity contribution in [3.8, 4) is 17.2 Å². The van der Waals surface area contributed by atoms with E-state index in [9.17, 15) is 9.90 Å². The minimum absolute atomic E-state index is 0.129. The summed E-state index contributed by atoms with van der Waals surface area (Å²) in [5.41, 5.74) is 1.94. The number of carbonyl (C=O) groups excluding carboxylic acids is 1. The van der Waals surface area contributed by atoms with E-state index in [1.165, 1.54) is 0 Å². The van der Waals surface area contributed by atoms with Crippen molar-refractivity contribution < 1.29 is 38.5 Å². The number of methoxy groups -OCH3 is 1. The lowest BCUT2D eigenvalue weighted by atomic mass is 9.86. The smallest absolute Gasteiger partial charge is 0.351 e. The molecule has 2 atom stereocenters. The van der Waals surface area contributed by atoms with Crippen LogP contribution in [0.15, 0.2) is 17.6 Å². The summed E-state index contributed by atoms with van der Waals surface area (Å²) in [7, 11) is 3.54. The van der Waals surface area contributed by atoms with E-state index in [0.29, 0.717) is 30.1 Å². The normalized spacial score (nSPS) is 27.4. The SMILES string of the molecule is COc1c2c(cc3c1[C@H](C1=C(O)OC4(CCCC4)OC1=O)[NH+](C)CC3)OCO2. The molecule has 1 unspecified atom stereocenters. The second kappa shape index (κ2) is 6.20. The number of hydrogen-bond acceptors (Lipinski definition) is 7. The molecule has 1 fully saturated rings. The molecule has 1 spiro atoms. The van der Waals surface area contributed by atoms with Crippen LogP contribution in [-0.2, 0) is 20.7 Å². The molecular weight excluding hydrogens is 366 g/mol. The summed E-state index contributed by atoms with van der Waals surface area (Å²) < 4.78 is 28.3. The number of fused-ring (bicyclic) bond motifs is 2. The van der Waals surface area contributed by atoms with Gasteiger partial charge in [0.1, 0.15) is 0 Å². The molecule has 0 bridgehead atoms. The molecule has 150 valence electrons. The van der Waals surface area contributed by atoms with Crippen LogP contribution in [0.25, 0.3) is 0 Å². The summed E-state index contributed by atoms with van der Waals surface area (Å²) in [5.74, 6) is -0.187. The highest BCUT2D eigenvalue weighted by Gasteiger charge is 2.51. The fraction of sp³-hybridized carbons (Fsp3) is 0.550. The zero-order chi connectivity index (χ0) is 19.5. The molecule has 0 amide bonds. The number of ether oxygens (including phenoxy) is 5. The molecule has 28 heavy (non-hydrogen) atoms. The Hall–Kier alpha value is -2.61. The van der Waals surface area contributed by atoms with Crippen molar-refractivity contribution in [2.24, 2.45) is 0 Å². The number of aliphatic hydroxyl groups is 1. The molecule has 0 radical (unpaired) electrons. The Kier molecular flexibility index (Phi) is 3.87. The second-order valence-electron chi connectivity index (χ2n) is 7.82. The summed E-state index contributed by atoms with van der Waals surface area (Å²) in [6.45, 7) is 0.902. The van der Waals surface area contributed by atoms with E-state index < -0.39 is 17.8 Å². The Bertz CT molecular complexity index is 872. The predicted molar refractivity (Wildman–Crippen MR) is 95.3 cm³/mol. The quantitative estimate of drug-likeness (QED) is 0.733. The summed E-state index contributed by atoms with van der Waals surface area (Å²) in [4.78, 5) is 14.1. The number of likely N-dealkylation sites (N-methyl/N-ethyl adjacent to an activating group) is 1. The van der Waals surface area contributed by atoms with Gasteiger partial charge in [0.15, 0.2) is 23.1 Å². The van der Waals surface area contributed by atoms with Gasteiger partial charge >= 0.3 is 5.97 Å². The van der Waals surface area contributed by atoms with Gasteiger partial charge in [0, 0.05) is 19.3 Å². The van der Waals surface area contributed by atoms with Gasteiger partial charge < -0.3 is 33.7 Å². The highest BCUT2D eigenvalue weighted by Crippen LogP contribution is 2.50. The van der Waals surface area contributed by atoms with Crippen LogP contribution in [0, 0.1) is 0 Å². The van der Waals surface area contributed by atoms with Gasteiger partial charge in [0.05, 0.1) is 26.3 Å². The van der Waals surface area contributed by atoms with Gasteiger partial charge in [-0.05, 0) is 24.5 Å². The number of quaternary nitrogens is 1. The Balaban J connectivity index is 1.64. The molecule has 5 rings (SSSR count). The molecule has 1 aromatic rings. The molecule has 8 heteroatoms. The first-order chi connectivity index (χ1) is 13.5. The monoisotopic (exact) mass is 390 g/mol. The zero-order valence-electron chi connectivity index (χ0n) is 16.0. The summed E-state index contributed by atoms with van der Waals surface area (Å²) in [6.07, 6.45) is 3.80. The maximum atomic E-state index is 13.0. The van der Waals surface area contributed by atoms with Gasteiger partial charge in [-0.1, -0.05) is 0 Å². The summed E-state index contributed by atoms with van der Waals surface area (Å²) >= 11 is 0. The highest BCUT2D eigenvalue weighted by atomic mass is 16.8. The first-order valence-electron chi connectivity index (χ1n) is 9.70. The van der Waals surface area contributed by atoms with E-state index in [0.717, 1.165) is 41.8 Å². The van der Waals surface area contributed by atoms with Gasteiger partial charge in [-0.25, -0.2) is 4.79 Å². The third-order valence-electron chi connectivity index (χ3n) is 6.18. The van der Waals surface area contributed by atoms with E-state index in [-0.39, 0.29) is 18.3 Å². The molecule has 4 aliphatic rings. The van der Waals surface area contributed by atoms with Crippen molar-refractivity contribution in [1.82, 2.24) is 0 Å². The van der Waals surface area contributed by atoms with E-state index in [1.54, 1.807) is 7.11 Å². The molecule has 1 aromatic carbocycles. The maximum Gasteiger partial charge on any atom is 0.351 e. The minimum Gasteiger partial charge on any atom is -0.492 e. The number of benzene rings is 1. The first kappa shape index (κ1) is 17.5. The molecule has 1 aliphatic carbocycles. The number of nitrogens with one attached hydrogen (secondary N) is 1. The Labute approximate surface area is 162 Å². The van der Waals surface area contributed by atoms with Gasteiger partial charge in [0.2, 0.25) is 12.5 Å². The summed E-state index contributed by atoms with van der Waals surface area (Å²) in [5, 5.41) is 10.8. The van der Waals surface area contributed by atoms with Crippen molar-refractivity contribution in [2.45, 2.75) is 43.9 Å². The van der Waals surface area contributed by atoms with Gasteiger partial charge in [-0.2, -0.15) is 0 Å². The number of carbonyl (C=O) groups is 1. The molecule has 3 heterocycles. The zero-order valence-corrected chi connectivity index (χ0v) is 16.0. The van der Waals surface area contributed by atoms with Gasteiger partial charge in [0.25, 0.3) is 11.7 Å². The van der Waals surface area contributed by atoms with E-state index in [4.69, 9.17) is 23.7 Å². The van der Waals surface area contributed by atoms with E-state index >= 15 is 0 Å². The molecule has 0 saturated heterocycles. The first-order valence-corrected chi connectivity index (χ1v) is 9.70. The highest BCUT2D eigenvalue weighted by molar-refractivity contribution is 5.91. The molecule has 3 aliphatic heterocycles. The number of hydrogen-bond donors (Lipinski definition) is 2. The summed E-state index contributed by atoms with van der Waals surface area (Å²) in [6, 6.07) is 1.45. The predicted octanol–water partition coefficient (Wildman–Crippen LogP) is 1.15. The Morgan fingerprint density at radius 3 is 2.75 bits per heavy atom. The molecule has 2 N–H and O–H groups in total. The van der Waals surface area contributed by atoms with Crippen LogP contribution in [0.1, 0.15) is 42.9 Å². The Morgan fingerprint density at radius 1 is 1.25 bits per heavy atom. The lowest BCUT2D eigenvalue weighted by Crippen LogP contribution is -3.10. The van der Waals surface area contributed by atoms with Gasteiger partial charge in [-0.15, -0.1) is 0 Å². The Morgan fingerprint density at radius 2 is 2.04 bits per heavy atom. The molecule has 8 nitrogen and oxygen atoms in total. The molecular formula is C20H24NO7+. The van der Waals surface area contributed by atoms with Crippen LogP contribution in [0.3, 0.4) is 0 Å². The van der Waals surface area contributed by atoms with Gasteiger partial charge in [-0.3, -0.25) is 0 Å². The van der Waals surface area contributed by atoms with E-state index in [2.05, 4.69) is 0 Å². The number of aliphatic hydroxyl groups excluding tert-OH is 1. The number of rotatable bonds is 2. The standard InChI is InChI=1S/C20H23NO7/c1-21-8-5-11-9-12-16(26-10-25-12)17(24-2)13(11)15(21)14-18(22)27-20(28-19(14)23)6-3-4-7-20/h9,15,22H,3-8,10H2,1-2H3/p+1/t15-/m1/s1. The fourth-order valence-electron chi connectivity index (χ4n) is 4.84. The minimum atomic E-state index is -1.02. The van der Waals surface area contributed by atoms with Crippen LogP contribution >= 0.6 is 0 Å². The molecule has 0 aromatic heterocycles. The lowest BCUT2D eigenvalue weighted by molar-refractivity contribution is -0.908. The number of esters is 1. The average molecular weight is 390 g/mol. The van der Waals surface area contributed by atoms with Crippen molar-refractivity contribution in [2.75, 3.05) is 27.5 Å². The van der Waals surface area contributed by atoms with Crippen molar-refractivity contribution >= 4 is 5.97 Å². The van der Waals surface area contributed by atoms with Crippen LogP contribution in [0.5, 0.6) is 17.2 Å². The van der Waals surface area contributed by atoms with E-state index in [1.807, 2.05) is 13.1 Å². The van der Waals surface area contributed by atoms with Crippen LogP contribution < -0.4 is 19.1 Å². The lowest BCUT2D eigenvalue weighted by Gasteiger charge is -2.38. The third-order valence-corrected chi connectivity index (χ3v) is 6.18.